The van der Waals surface area contributed by atoms with E-state index in [1.165, 1.54) is 18.6 Å². The van der Waals surface area contributed by atoms with Gasteiger partial charge in [0.2, 0.25) is 0 Å². The monoisotopic (exact) mass is 304 g/mol. The van der Waals surface area contributed by atoms with Crippen molar-refractivity contribution in [3.8, 4) is 0 Å². The summed E-state index contributed by atoms with van der Waals surface area (Å²) in [5, 5.41) is 11.8. The minimum Gasteiger partial charge on any atom is -0.478 e. The summed E-state index contributed by atoms with van der Waals surface area (Å²) in [7, 11) is 0. The van der Waals surface area contributed by atoms with Gasteiger partial charge in [-0.3, -0.25) is 9.69 Å². The number of likely N-dealkylation sites (tertiary alicyclic amines) is 1. The predicted octanol–water partition coefficient (Wildman–Crippen LogP) is 2.24. The topological polar surface area (TPSA) is 69.6 Å². The fourth-order valence-corrected chi connectivity index (χ4v) is 2.91. The minimum atomic E-state index is -0.984. The van der Waals surface area contributed by atoms with Crippen LogP contribution in [0.25, 0.3) is 0 Å². The molecule has 0 radical (unpaired) electrons. The summed E-state index contributed by atoms with van der Waals surface area (Å²) < 4.78 is 0. The van der Waals surface area contributed by atoms with Crippen molar-refractivity contribution in [2.75, 3.05) is 19.6 Å². The van der Waals surface area contributed by atoms with E-state index in [-0.39, 0.29) is 11.5 Å². The maximum Gasteiger partial charge on any atom is 0.335 e. The van der Waals surface area contributed by atoms with E-state index in [0.717, 1.165) is 19.5 Å². The second kappa shape index (κ2) is 7.40. The second-order valence-corrected chi connectivity index (χ2v) is 6.28. The Balaban J connectivity index is 1.88. The molecule has 1 saturated heterocycles. The molecule has 0 unspecified atom stereocenters. The lowest BCUT2D eigenvalue weighted by molar-refractivity contribution is 0.0696. The molecule has 1 aromatic carbocycles. The van der Waals surface area contributed by atoms with Crippen LogP contribution in [0.5, 0.6) is 0 Å². The molecule has 1 heterocycles. The fraction of sp³-hybridized carbons (Fsp3) is 0.529. The SMILES string of the molecule is CC(C)CN1CCC[C@@H]1CNC(=O)c1ccc(C(=O)O)cc1. The van der Waals surface area contributed by atoms with E-state index in [4.69, 9.17) is 5.11 Å². The molecule has 0 bridgehead atoms. The molecule has 0 aromatic heterocycles. The van der Waals surface area contributed by atoms with Crippen molar-refractivity contribution in [3.63, 3.8) is 0 Å². The third-order valence-corrected chi connectivity index (χ3v) is 3.99. The minimum absolute atomic E-state index is 0.145. The number of carboxylic acid groups (broad SMARTS) is 1. The van der Waals surface area contributed by atoms with Gasteiger partial charge in [-0.2, -0.15) is 0 Å². The summed E-state index contributed by atoms with van der Waals surface area (Å²) in [6.45, 7) is 7.22. The number of amides is 1. The predicted molar refractivity (Wildman–Crippen MR) is 85.2 cm³/mol. The molecular formula is C17H24N2O3. The molecule has 1 amide bonds. The number of carbonyl (C=O) groups is 2. The summed E-state index contributed by atoms with van der Waals surface area (Å²) in [6.07, 6.45) is 2.30. The number of hydrogen-bond donors (Lipinski definition) is 2. The maximum absolute atomic E-state index is 12.1. The first-order valence-corrected chi connectivity index (χ1v) is 7.83. The lowest BCUT2D eigenvalue weighted by Crippen LogP contribution is -2.41. The van der Waals surface area contributed by atoms with Gasteiger partial charge in [0.15, 0.2) is 0 Å². The Morgan fingerprint density at radius 2 is 1.91 bits per heavy atom. The van der Waals surface area contributed by atoms with Gasteiger partial charge in [-0.25, -0.2) is 4.79 Å². The van der Waals surface area contributed by atoms with Gasteiger partial charge in [0.1, 0.15) is 0 Å². The molecule has 0 spiro atoms. The van der Waals surface area contributed by atoms with E-state index in [1.54, 1.807) is 12.1 Å². The van der Waals surface area contributed by atoms with E-state index in [9.17, 15) is 9.59 Å². The number of rotatable bonds is 6. The van der Waals surface area contributed by atoms with Crippen LogP contribution in [0.2, 0.25) is 0 Å². The van der Waals surface area contributed by atoms with Crippen LogP contribution in [-0.4, -0.2) is 47.6 Å². The van der Waals surface area contributed by atoms with Gasteiger partial charge >= 0.3 is 5.97 Å². The first-order chi connectivity index (χ1) is 10.5. The summed E-state index contributed by atoms with van der Waals surface area (Å²) in [5.41, 5.74) is 0.689. The zero-order valence-electron chi connectivity index (χ0n) is 13.2. The third-order valence-electron chi connectivity index (χ3n) is 3.99. The quantitative estimate of drug-likeness (QED) is 0.845. The highest BCUT2D eigenvalue weighted by Crippen LogP contribution is 2.18. The molecule has 22 heavy (non-hydrogen) atoms. The van der Waals surface area contributed by atoms with Crippen molar-refractivity contribution in [1.29, 1.82) is 0 Å². The number of hydrogen-bond acceptors (Lipinski definition) is 3. The number of aromatic carboxylic acids is 1. The first-order valence-electron chi connectivity index (χ1n) is 7.83. The van der Waals surface area contributed by atoms with E-state index in [1.807, 2.05) is 0 Å². The standard InChI is InChI=1S/C17H24N2O3/c1-12(2)11-19-9-3-4-15(19)10-18-16(20)13-5-7-14(8-6-13)17(21)22/h5-8,12,15H,3-4,9-11H2,1-2H3,(H,18,20)(H,21,22)/t15-/m1/s1. The normalized spacial score (nSPS) is 18.6. The van der Waals surface area contributed by atoms with E-state index >= 15 is 0 Å². The highest BCUT2D eigenvalue weighted by atomic mass is 16.4. The Bertz CT molecular complexity index is 525. The average Bonchev–Trinajstić information content (AvgIpc) is 2.91. The van der Waals surface area contributed by atoms with Crippen molar-refractivity contribution in [2.45, 2.75) is 32.7 Å². The van der Waals surface area contributed by atoms with Gasteiger partial charge in [-0.15, -0.1) is 0 Å². The van der Waals surface area contributed by atoms with Crippen LogP contribution in [0.3, 0.4) is 0 Å². The molecule has 1 aromatic rings. The van der Waals surface area contributed by atoms with Crippen LogP contribution in [0.1, 0.15) is 47.4 Å². The summed E-state index contributed by atoms with van der Waals surface area (Å²) in [5.74, 6) is -0.504. The molecule has 0 aliphatic carbocycles. The lowest BCUT2D eigenvalue weighted by atomic mass is 10.1. The number of benzene rings is 1. The molecule has 1 fully saturated rings. The molecule has 1 atom stereocenters. The Labute approximate surface area is 131 Å². The number of nitrogens with zero attached hydrogens (tertiary/aromatic N) is 1. The Kier molecular flexibility index (Phi) is 5.55. The van der Waals surface area contributed by atoms with Gasteiger partial charge in [0.25, 0.3) is 5.91 Å². The summed E-state index contributed by atoms with van der Waals surface area (Å²) >= 11 is 0. The van der Waals surface area contributed by atoms with Gasteiger partial charge in [-0.05, 0) is 49.6 Å². The summed E-state index contributed by atoms with van der Waals surface area (Å²) in [4.78, 5) is 25.4. The molecule has 2 rings (SSSR count). The van der Waals surface area contributed by atoms with Gasteiger partial charge in [-0.1, -0.05) is 13.8 Å². The van der Waals surface area contributed by atoms with Crippen LogP contribution >= 0.6 is 0 Å². The first kappa shape index (κ1) is 16.5. The fourth-order valence-electron chi connectivity index (χ4n) is 2.91. The van der Waals surface area contributed by atoms with E-state index in [0.29, 0.717) is 24.1 Å². The van der Waals surface area contributed by atoms with Crippen LogP contribution in [-0.2, 0) is 0 Å². The molecular weight excluding hydrogens is 280 g/mol. The second-order valence-electron chi connectivity index (χ2n) is 6.28. The Hall–Kier alpha value is -1.88. The highest BCUT2D eigenvalue weighted by molar-refractivity contribution is 5.95. The highest BCUT2D eigenvalue weighted by Gasteiger charge is 2.25. The zero-order chi connectivity index (χ0) is 16.1. The number of nitrogens with one attached hydrogen (secondary N) is 1. The third kappa shape index (κ3) is 4.31. The number of carbonyl (C=O) groups excluding carboxylic acids is 1. The van der Waals surface area contributed by atoms with Gasteiger partial charge in [0.05, 0.1) is 5.56 Å². The zero-order valence-corrected chi connectivity index (χ0v) is 13.2. The van der Waals surface area contributed by atoms with Crippen LogP contribution in [0.4, 0.5) is 0 Å². The summed E-state index contributed by atoms with van der Waals surface area (Å²) in [6, 6.07) is 6.43. The Morgan fingerprint density at radius 1 is 1.27 bits per heavy atom. The molecule has 0 saturated carbocycles. The van der Waals surface area contributed by atoms with E-state index < -0.39 is 5.97 Å². The Morgan fingerprint density at radius 3 is 2.50 bits per heavy atom. The van der Waals surface area contributed by atoms with E-state index in [2.05, 4.69) is 24.1 Å². The molecule has 2 N–H and O–H groups in total. The lowest BCUT2D eigenvalue weighted by Gasteiger charge is -2.26. The molecule has 5 nitrogen and oxygen atoms in total. The molecule has 5 heteroatoms. The van der Waals surface area contributed by atoms with Crippen LogP contribution in [0.15, 0.2) is 24.3 Å². The average molecular weight is 304 g/mol. The molecule has 1 aliphatic rings. The number of carboxylic acids is 1. The van der Waals surface area contributed by atoms with Crippen molar-refractivity contribution in [3.05, 3.63) is 35.4 Å². The van der Waals surface area contributed by atoms with Crippen LogP contribution < -0.4 is 5.32 Å². The largest absolute Gasteiger partial charge is 0.478 e. The van der Waals surface area contributed by atoms with Crippen molar-refractivity contribution >= 4 is 11.9 Å². The maximum atomic E-state index is 12.1. The van der Waals surface area contributed by atoms with Gasteiger partial charge < -0.3 is 10.4 Å². The van der Waals surface area contributed by atoms with Crippen LogP contribution in [0, 0.1) is 5.92 Å². The van der Waals surface area contributed by atoms with Gasteiger partial charge in [0, 0.05) is 24.7 Å². The smallest absolute Gasteiger partial charge is 0.335 e. The van der Waals surface area contributed by atoms with Crippen molar-refractivity contribution in [1.82, 2.24) is 10.2 Å². The van der Waals surface area contributed by atoms with Crippen molar-refractivity contribution < 1.29 is 14.7 Å². The molecule has 1 aliphatic heterocycles. The molecule has 120 valence electrons. The van der Waals surface area contributed by atoms with Crippen molar-refractivity contribution in [2.24, 2.45) is 5.92 Å².